The number of ether oxygens (including phenoxy) is 1. The van der Waals surface area contributed by atoms with Gasteiger partial charge in [0.1, 0.15) is 0 Å². The van der Waals surface area contributed by atoms with Gasteiger partial charge in [-0.15, -0.1) is 0 Å². The van der Waals surface area contributed by atoms with Crippen LogP contribution in [0.1, 0.15) is 35.5 Å². The van der Waals surface area contributed by atoms with Crippen LogP contribution in [0.3, 0.4) is 0 Å². The summed E-state index contributed by atoms with van der Waals surface area (Å²) in [6.07, 6.45) is 4.80. The molecule has 1 aromatic carbocycles. The van der Waals surface area contributed by atoms with Crippen LogP contribution < -0.4 is 5.32 Å². The van der Waals surface area contributed by atoms with Gasteiger partial charge in [-0.1, -0.05) is 17.7 Å². The molecule has 1 aliphatic rings. The zero-order chi connectivity index (χ0) is 21.1. The minimum Gasteiger partial charge on any atom is -0.385 e. The van der Waals surface area contributed by atoms with E-state index in [0.29, 0.717) is 6.61 Å². The van der Waals surface area contributed by atoms with Crippen LogP contribution in [0.5, 0.6) is 0 Å². The van der Waals surface area contributed by atoms with Crippen LogP contribution in [-0.4, -0.2) is 39.8 Å². The third kappa shape index (κ3) is 4.08. The first-order valence-electron chi connectivity index (χ1n) is 10.0. The predicted molar refractivity (Wildman–Crippen MR) is 124 cm³/mol. The number of rotatable bonds is 7. The SMILES string of the molecule is COCCCN1C(=S)NC(c2ccccn2)C1c1cccn1-c1ccc(Cl)c(C)c1. The molecule has 1 saturated heterocycles. The van der Waals surface area contributed by atoms with Crippen LogP contribution >= 0.6 is 23.8 Å². The summed E-state index contributed by atoms with van der Waals surface area (Å²) < 4.78 is 7.48. The number of aromatic nitrogens is 2. The Labute approximate surface area is 187 Å². The maximum atomic E-state index is 6.26. The quantitative estimate of drug-likeness (QED) is 0.420. The molecule has 3 aromatic rings. The minimum absolute atomic E-state index is 0.00948. The molecule has 2 unspecified atom stereocenters. The van der Waals surface area contributed by atoms with E-state index in [1.54, 1.807) is 7.11 Å². The average molecular weight is 441 g/mol. The van der Waals surface area contributed by atoms with Crippen LogP contribution in [0, 0.1) is 6.92 Å². The molecular formula is C23H25ClN4OS. The molecule has 0 spiro atoms. The summed E-state index contributed by atoms with van der Waals surface area (Å²) in [5, 5.41) is 5.01. The number of thiocarbonyl (C=S) groups is 1. The monoisotopic (exact) mass is 440 g/mol. The summed E-state index contributed by atoms with van der Waals surface area (Å²) in [5.41, 5.74) is 4.25. The maximum absolute atomic E-state index is 6.26. The fourth-order valence-corrected chi connectivity index (χ4v) is 4.45. The molecule has 0 aliphatic carbocycles. The van der Waals surface area contributed by atoms with Crippen molar-refractivity contribution in [2.45, 2.75) is 25.4 Å². The summed E-state index contributed by atoms with van der Waals surface area (Å²) in [6.45, 7) is 3.52. The molecule has 3 heterocycles. The zero-order valence-corrected chi connectivity index (χ0v) is 18.7. The fraction of sp³-hybridized carbons (Fsp3) is 0.304. The average Bonchev–Trinajstić information content (AvgIpc) is 3.35. The van der Waals surface area contributed by atoms with E-state index in [9.17, 15) is 0 Å². The first-order valence-corrected chi connectivity index (χ1v) is 10.8. The second-order valence-electron chi connectivity index (χ2n) is 7.40. The highest BCUT2D eigenvalue weighted by molar-refractivity contribution is 7.80. The van der Waals surface area contributed by atoms with Crippen LogP contribution in [0.25, 0.3) is 5.69 Å². The van der Waals surface area contributed by atoms with Crippen molar-refractivity contribution in [3.05, 3.63) is 82.9 Å². The van der Waals surface area contributed by atoms with Crippen LogP contribution in [-0.2, 0) is 4.74 Å². The third-order valence-electron chi connectivity index (χ3n) is 5.45. The number of halogens is 1. The Morgan fingerprint density at radius 3 is 2.80 bits per heavy atom. The normalized spacial score (nSPS) is 18.6. The van der Waals surface area contributed by atoms with Gasteiger partial charge in [-0.05, 0) is 73.6 Å². The van der Waals surface area contributed by atoms with Gasteiger partial charge in [0.15, 0.2) is 5.11 Å². The number of methoxy groups -OCH3 is 1. The molecule has 2 atom stereocenters. The number of benzene rings is 1. The summed E-state index contributed by atoms with van der Waals surface area (Å²) in [7, 11) is 1.72. The minimum atomic E-state index is -0.0386. The van der Waals surface area contributed by atoms with Crippen LogP contribution in [0.15, 0.2) is 60.9 Å². The second-order valence-corrected chi connectivity index (χ2v) is 8.20. The summed E-state index contributed by atoms with van der Waals surface area (Å²) in [4.78, 5) is 6.87. The van der Waals surface area contributed by atoms with E-state index < -0.39 is 0 Å². The summed E-state index contributed by atoms with van der Waals surface area (Å²) >= 11 is 12.0. The van der Waals surface area contributed by atoms with Crippen molar-refractivity contribution in [3.63, 3.8) is 0 Å². The molecule has 30 heavy (non-hydrogen) atoms. The Balaban J connectivity index is 1.76. The Hall–Kier alpha value is -2.41. The van der Waals surface area contributed by atoms with Gasteiger partial charge < -0.3 is 19.5 Å². The van der Waals surface area contributed by atoms with E-state index in [1.807, 2.05) is 43.5 Å². The van der Waals surface area contributed by atoms with Gasteiger partial charge >= 0.3 is 0 Å². The summed E-state index contributed by atoms with van der Waals surface area (Å²) in [6, 6.07) is 16.3. The number of pyridine rings is 1. The van der Waals surface area contributed by atoms with E-state index in [0.717, 1.165) is 45.7 Å². The lowest BCUT2D eigenvalue weighted by atomic mass is 10.0. The van der Waals surface area contributed by atoms with Crippen LogP contribution in [0.4, 0.5) is 0 Å². The lowest BCUT2D eigenvalue weighted by Crippen LogP contribution is -2.32. The lowest BCUT2D eigenvalue weighted by Gasteiger charge is -2.29. The van der Waals surface area contributed by atoms with Crippen molar-refractivity contribution in [1.82, 2.24) is 19.8 Å². The highest BCUT2D eigenvalue weighted by Gasteiger charge is 2.40. The van der Waals surface area contributed by atoms with Gasteiger partial charge in [-0.25, -0.2) is 0 Å². The second kappa shape index (κ2) is 9.16. The predicted octanol–water partition coefficient (Wildman–Crippen LogP) is 4.84. The lowest BCUT2D eigenvalue weighted by molar-refractivity contribution is 0.180. The van der Waals surface area contributed by atoms with Crippen molar-refractivity contribution < 1.29 is 4.74 Å². The number of nitrogens with one attached hydrogen (secondary N) is 1. The molecule has 0 radical (unpaired) electrons. The molecule has 0 bridgehead atoms. The molecule has 5 nitrogen and oxygen atoms in total. The smallest absolute Gasteiger partial charge is 0.170 e. The Bertz CT molecular complexity index is 1020. The Morgan fingerprint density at radius 2 is 2.07 bits per heavy atom. The first-order chi connectivity index (χ1) is 14.6. The molecule has 1 aliphatic heterocycles. The molecule has 7 heteroatoms. The number of nitrogens with zero attached hydrogens (tertiary/aromatic N) is 3. The highest BCUT2D eigenvalue weighted by Crippen LogP contribution is 2.39. The molecule has 0 saturated carbocycles. The van der Waals surface area contributed by atoms with E-state index in [2.05, 4.69) is 44.2 Å². The molecule has 4 rings (SSSR count). The van der Waals surface area contributed by atoms with Crippen molar-refractivity contribution in [1.29, 1.82) is 0 Å². The van der Waals surface area contributed by atoms with Crippen molar-refractivity contribution in [3.8, 4) is 5.69 Å². The number of hydrogen-bond donors (Lipinski definition) is 1. The molecular weight excluding hydrogens is 416 g/mol. The van der Waals surface area contributed by atoms with Crippen molar-refractivity contribution in [2.24, 2.45) is 0 Å². The van der Waals surface area contributed by atoms with Gasteiger partial charge in [0.2, 0.25) is 0 Å². The molecule has 1 fully saturated rings. The third-order valence-corrected chi connectivity index (χ3v) is 6.22. The molecule has 0 amide bonds. The van der Waals surface area contributed by atoms with Gasteiger partial charge in [-0.3, -0.25) is 4.98 Å². The van der Waals surface area contributed by atoms with Gasteiger partial charge in [0.25, 0.3) is 0 Å². The van der Waals surface area contributed by atoms with E-state index >= 15 is 0 Å². The van der Waals surface area contributed by atoms with E-state index in [-0.39, 0.29) is 12.1 Å². The Kier molecular flexibility index (Phi) is 6.37. The van der Waals surface area contributed by atoms with E-state index in [1.165, 1.54) is 0 Å². The Morgan fingerprint density at radius 1 is 1.20 bits per heavy atom. The van der Waals surface area contributed by atoms with Crippen molar-refractivity contribution in [2.75, 3.05) is 20.3 Å². The molecule has 156 valence electrons. The molecule has 1 N–H and O–H groups in total. The molecule has 2 aromatic heterocycles. The van der Waals surface area contributed by atoms with Crippen LogP contribution in [0.2, 0.25) is 5.02 Å². The van der Waals surface area contributed by atoms with E-state index in [4.69, 9.17) is 28.6 Å². The highest BCUT2D eigenvalue weighted by atomic mass is 35.5. The van der Waals surface area contributed by atoms with Gasteiger partial charge in [0, 0.05) is 49.1 Å². The van der Waals surface area contributed by atoms with Crippen molar-refractivity contribution >= 4 is 28.9 Å². The maximum Gasteiger partial charge on any atom is 0.170 e. The topological polar surface area (TPSA) is 42.3 Å². The zero-order valence-electron chi connectivity index (χ0n) is 17.1. The largest absolute Gasteiger partial charge is 0.385 e. The first kappa shape index (κ1) is 20.8. The summed E-state index contributed by atoms with van der Waals surface area (Å²) in [5.74, 6) is 0. The fourth-order valence-electron chi connectivity index (χ4n) is 4.00. The number of aryl methyl sites for hydroxylation is 1. The van der Waals surface area contributed by atoms with Gasteiger partial charge in [0.05, 0.1) is 17.8 Å². The van der Waals surface area contributed by atoms with Gasteiger partial charge in [-0.2, -0.15) is 0 Å². The standard InChI is InChI=1S/C23H25ClN4OS/c1-16-15-17(9-10-18(16)24)27-12-5-8-20(27)22-21(19-7-3-4-11-25-19)26-23(30)28(22)13-6-14-29-2/h3-5,7-12,15,21-22H,6,13-14H2,1-2H3,(H,26,30). The number of hydrogen-bond acceptors (Lipinski definition) is 3.